The van der Waals surface area contributed by atoms with E-state index in [0.717, 1.165) is 6.42 Å². The molecule has 1 rings (SSSR count). The first-order valence-corrected chi connectivity index (χ1v) is 7.43. The maximum atomic E-state index is 12.1. The first-order chi connectivity index (χ1) is 9.60. The number of amides is 3. The maximum absolute atomic E-state index is 12.1. The quantitative estimate of drug-likeness (QED) is 0.865. The van der Waals surface area contributed by atoms with Gasteiger partial charge in [0.2, 0.25) is 11.8 Å². The number of rotatable bonds is 3. The lowest BCUT2D eigenvalue weighted by Crippen LogP contribution is -2.49. The second kappa shape index (κ2) is 6.91. The molecule has 6 heteroatoms. The molecule has 0 unspecified atom stereocenters. The van der Waals surface area contributed by atoms with Crippen LogP contribution in [0.3, 0.4) is 0 Å². The topological polar surface area (TPSA) is 75.7 Å². The Balaban J connectivity index is 2.62. The van der Waals surface area contributed by atoms with Gasteiger partial charge in [-0.2, -0.15) is 0 Å². The number of hydrogen-bond donors (Lipinski definition) is 1. The Morgan fingerprint density at radius 2 is 1.90 bits per heavy atom. The van der Waals surface area contributed by atoms with Crippen molar-refractivity contribution in [3.8, 4) is 0 Å². The lowest BCUT2D eigenvalue weighted by molar-refractivity contribution is -0.133. The summed E-state index contributed by atoms with van der Waals surface area (Å²) in [6.07, 6.45) is 1.08. The molecule has 0 bridgehead atoms. The molecule has 0 radical (unpaired) electrons. The molecule has 21 heavy (non-hydrogen) atoms. The SMILES string of the molecule is CC(C)CC(=O)NC(=O)[C@@H]1CCCN1C(=O)OC(C)(C)C. The van der Waals surface area contributed by atoms with Crippen molar-refractivity contribution >= 4 is 17.9 Å². The summed E-state index contributed by atoms with van der Waals surface area (Å²) >= 11 is 0. The van der Waals surface area contributed by atoms with Gasteiger partial charge in [-0.05, 0) is 39.5 Å². The van der Waals surface area contributed by atoms with Gasteiger partial charge in [0.1, 0.15) is 11.6 Å². The summed E-state index contributed by atoms with van der Waals surface area (Å²) in [6, 6.07) is -0.615. The van der Waals surface area contributed by atoms with E-state index in [1.165, 1.54) is 4.90 Å². The molecule has 1 heterocycles. The van der Waals surface area contributed by atoms with Crippen molar-refractivity contribution in [1.29, 1.82) is 0 Å². The van der Waals surface area contributed by atoms with E-state index in [2.05, 4.69) is 5.32 Å². The third-order valence-electron chi connectivity index (χ3n) is 3.04. The van der Waals surface area contributed by atoms with Crippen LogP contribution in [-0.4, -0.2) is 41.0 Å². The fourth-order valence-electron chi connectivity index (χ4n) is 2.22. The van der Waals surface area contributed by atoms with Gasteiger partial charge in [0.25, 0.3) is 0 Å². The van der Waals surface area contributed by atoms with Gasteiger partial charge in [0.05, 0.1) is 0 Å². The fraction of sp³-hybridized carbons (Fsp3) is 0.800. The molecular weight excluding hydrogens is 272 g/mol. The zero-order chi connectivity index (χ0) is 16.2. The number of hydrogen-bond acceptors (Lipinski definition) is 4. The van der Waals surface area contributed by atoms with Crippen LogP contribution < -0.4 is 5.32 Å². The Morgan fingerprint density at radius 3 is 2.43 bits per heavy atom. The highest BCUT2D eigenvalue weighted by molar-refractivity contribution is 5.99. The lowest BCUT2D eigenvalue weighted by Gasteiger charge is -2.27. The number of ether oxygens (including phenoxy) is 1. The van der Waals surface area contributed by atoms with Gasteiger partial charge in [-0.3, -0.25) is 19.8 Å². The minimum atomic E-state index is -0.615. The number of likely N-dealkylation sites (tertiary alicyclic amines) is 1. The summed E-state index contributed by atoms with van der Waals surface area (Å²) in [7, 11) is 0. The van der Waals surface area contributed by atoms with Crippen LogP contribution in [0.1, 0.15) is 53.9 Å². The number of carbonyl (C=O) groups excluding carboxylic acids is 3. The van der Waals surface area contributed by atoms with Gasteiger partial charge >= 0.3 is 6.09 Å². The first kappa shape index (κ1) is 17.5. The van der Waals surface area contributed by atoms with Crippen LogP contribution in [0.25, 0.3) is 0 Å². The Bertz CT molecular complexity index is 412. The third kappa shape index (κ3) is 5.73. The average molecular weight is 298 g/mol. The van der Waals surface area contributed by atoms with E-state index in [1.54, 1.807) is 20.8 Å². The number of nitrogens with one attached hydrogen (secondary N) is 1. The highest BCUT2D eigenvalue weighted by Gasteiger charge is 2.37. The molecule has 120 valence electrons. The van der Waals surface area contributed by atoms with Crippen molar-refractivity contribution in [2.45, 2.75) is 65.5 Å². The Hall–Kier alpha value is -1.59. The summed E-state index contributed by atoms with van der Waals surface area (Å²) in [6.45, 7) is 9.64. The van der Waals surface area contributed by atoms with Gasteiger partial charge in [0.15, 0.2) is 0 Å². The van der Waals surface area contributed by atoms with Crippen molar-refractivity contribution < 1.29 is 19.1 Å². The smallest absolute Gasteiger partial charge is 0.410 e. The van der Waals surface area contributed by atoms with E-state index in [4.69, 9.17) is 4.74 Å². The molecule has 0 spiro atoms. The molecule has 0 aromatic rings. The third-order valence-corrected chi connectivity index (χ3v) is 3.04. The highest BCUT2D eigenvalue weighted by Crippen LogP contribution is 2.21. The monoisotopic (exact) mass is 298 g/mol. The number of nitrogens with zero attached hydrogens (tertiary/aromatic N) is 1. The Kier molecular flexibility index (Phi) is 5.75. The van der Waals surface area contributed by atoms with E-state index in [9.17, 15) is 14.4 Å². The molecule has 0 saturated carbocycles. The summed E-state index contributed by atoms with van der Waals surface area (Å²) in [4.78, 5) is 37.3. The van der Waals surface area contributed by atoms with E-state index >= 15 is 0 Å². The molecule has 3 amide bonds. The van der Waals surface area contributed by atoms with E-state index in [0.29, 0.717) is 19.4 Å². The van der Waals surface area contributed by atoms with Crippen LogP contribution in [0.4, 0.5) is 4.79 Å². The predicted molar refractivity (Wildman–Crippen MR) is 78.6 cm³/mol. The van der Waals surface area contributed by atoms with Crippen LogP contribution in [0.15, 0.2) is 0 Å². The van der Waals surface area contributed by atoms with E-state index < -0.39 is 23.6 Å². The van der Waals surface area contributed by atoms with Crippen molar-refractivity contribution in [1.82, 2.24) is 10.2 Å². The molecule has 0 aliphatic carbocycles. The number of imide groups is 1. The van der Waals surface area contributed by atoms with E-state index in [1.807, 2.05) is 13.8 Å². The Morgan fingerprint density at radius 1 is 1.29 bits per heavy atom. The van der Waals surface area contributed by atoms with Gasteiger partial charge < -0.3 is 4.74 Å². The highest BCUT2D eigenvalue weighted by atomic mass is 16.6. The molecule has 1 fully saturated rings. The summed E-state index contributed by atoms with van der Waals surface area (Å²) in [5, 5.41) is 2.37. The first-order valence-electron chi connectivity index (χ1n) is 7.43. The van der Waals surface area contributed by atoms with Crippen molar-refractivity contribution in [2.24, 2.45) is 5.92 Å². The zero-order valence-corrected chi connectivity index (χ0v) is 13.6. The minimum Gasteiger partial charge on any atom is -0.444 e. The molecule has 0 aromatic carbocycles. The standard InChI is InChI=1S/C15H26N2O4/c1-10(2)9-12(18)16-13(19)11-7-6-8-17(11)14(20)21-15(3,4)5/h10-11H,6-9H2,1-5H3,(H,16,18,19)/t11-/m0/s1. The van der Waals surface area contributed by atoms with Crippen LogP contribution in [-0.2, 0) is 14.3 Å². The van der Waals surface area contributed by atoms with Gasteiger partial charge in [-0.1, -0.05) is 13.8 Å². The van der Waals surface area contributed by atoms with Crippen molar-refractivity contribution in [2.75, 3.05) is 6.54 Å². The molecule has 1 N–H and O–H groups in total. The van der Waals surface area contributed by atoms with Crippen molar-refractivity contribution in [3.63, 3.8) is 0 Å². The fourth-order valence-corrected chi connectivity index (χ4v) is 2.22. The summed E-state index contributed by atoms with van der Waals surface area (Å²) < 4.78 is 5.29. The van der Waals surface area contributed by atoms with Gasteiger partial charge in [0, 0.05) is 13.0 Å². The second-order valence-corrected chi connectivity index (χ2v) is 6.84. The average Bonchev–Trinajstić information content (AvgIpc) is 2.73. The largest absolute Gasteiger partial charge is 0.444 e. The van der Waals surface area contributed by atoms with Crippen LogP contribution in [0.5, 0.6) is 0 Å². The van der Waals surface area contributed by atoms with E-state index in [-0.39, 0.29) is 11.8 Å². The predicted octanol–water partition coefficient (Wildman–Crippen LogP) is 2.07. The van der Waals surface area contributed by atoms with Gasteiger partial charge in [-0.15, -0.1) is 0 Å². The molecule has 6 nitrogen and oxygen atoms in total. The van der Waals surface area contributed by atoms with Crippen LogP contribution >= 0.6 is 0 Å². The van der Waals surface area contributed by atoms with Crippen LogP contribution in [0.2, 0.25) is 0 Å². The zero-order valence-electron chi connectivity index (χ0n) is 13.6. The molecule has 1 atom stereocenters. The van der Waals surface area contributed by atoms with Crippen LogP contribution in [0, 0.1) is 5.92 Å². The second-order valence-electron chi connectivity index (χ2n) is 6.84. The summed E-state index contributed by atoms with van der Waals surface area (Å²) in [5.41, 5.74) is -0.603. The molecule has 1 saturated heterocycles. The molecule has 0 aromatic heterocycles. The molecule has 1 aliphatic heterocycles. The lowest BCUT2D eigenvalue weighted by atomic mass is 10.1. The normalized spacial score (nSPS) is 18.8. The number of carbonyl (C=O) groups is 3. The molecule has 1 aliphatic rings. The summed E-state index contributed by atoms with van der Waals surface area (Å²) in [5.74, 6) is -0.529. The van der Waals surface area contributed by atoms with Gasteiger partial charge in [-0.25, -0.2) is 4.79 Å². The Labute approximate surface area is 126 Å². The molecular formula is C15H26N2O4. The minimum absolute atomic E-state index is 0.184. The van der Waals surface area contributed by atoms with Crippen molar-refractivity contribution in [3.05, 3.63) is 0 Å². The maximum Gasteiger partial charge on any atom is 0.410 e.